The van der Waals surface area contributed by atoms with Crippen LogP contribution < -0.4 is 10.1 Å². The van der Waals surface area contributed by atoms with Gasteiger partial charge in [0.1, 0.15) is 11.6 Å². The first-order valence-electron chi connectivity index (χ1n) is 7.23. The molecule has 0 heterocycles. The molecule has 2 nitrogen and oxygen atoms in total. The molecule has 0 radical (unpaired) electrons. The smallest absolute Gasteiger partial charge is 0.123 e. The Morgan fingerprint density at radius 3 is 2.38 bits per heavy atom. The molecule has 0 aliphatic carbocycles. The van der Waals surface area contributed by atoms with Gasteiger partial charge >= 0.3 is 0 Å². The molecule has 2 rings (SSSR count). The van der Waals surface area contributed by atoms with Crippen LogP contribution in [-0.4, -0.2) is 13.2 Å². The molecule has 0 amide bonds. The third-order valence-corrected chi connectivity index (χ3v) is 3.62. The number of hydrogen-bond donors (Lipinski definition) is 1. The zero-order valence-corrected chi connectivity index (χ0v) is 12.8. The summed E-state index contributed by atoms with van der Waals surface area (Å²) in [5.41, 5.74) is 2.27. The van der Waals surface area contributed by atoms with Gasteiger partial charge in [-0.3, -0.25) is 0 Å². The molecular weight excluding hydrogens is 265 g/mol. The molecule has 1 N–H and O–H groups in total. The van der Waals surface area contributed by atoms with Crippen LogP contribution in [0.2, 0.25) is 0 Å². The van der Waals surface area contributed by atoms with E-state index in [0.717, 1.165) is 17.7 Å². The van der Waals surface area contributed by atoms with E-state index in [9.17, 15) is 4.39 Å². The molecule has 3 heteroatoms. The Labute approximate surface area is 126 Å². The lowest BCUT2D eigenvalue weighted by molar-refractivity contribution is 0.403. The van der Waals surface area contributed by atoms with Gasteiger partial charge < -0.3 is 10.1 Å². The summed E-state index contributed by atoms with van der Waals surface area (Å²) < 4.78 is 18.3. The molecule has 2 aromatic carbocycles. The Balaban J connectivity index is 1.97. The average Bonchev–Trinajstić information content (AvgIpc) is 2.48. The molecule has 0 fully saturated rings. The molecule has 0 saturated heterocycles. The molecule has 0 aromatic heterocycles. The topological polar surface area (TPSA) is 21.3 Å². The van der Waals surface area contributed by atoms with Crippen molar-refractivity contribution < 1.29 is 9.13 Å². The monoisotopic (exact) mass is 287 g/mol. The lowest BCUT2D eigenvalue weighted by Crippen LogP contribution is -2.30. The lowest BCUT2D eigenvalue weighted by atomic mass is 10.0. The second-order valence-corrected chi connectivity index (χ2v) is 5.36. The first-order valence-corrected chi connectivity index (χ1v) is 7.23. The van der Waals surface area contributed by atoms with E-state index in [1.807, 2.05) is 30.3 Å². The fourth-order valence-electron chi connectivity index (χ4n) is 2.53. The first-order chi connectivity index (χ1) is 10.1. The minimum Gasteiger partial charge on any atom is -0.496 e. The van der Waals surface area contributed by atoms with Crippen LogP contribution in [0.1, 0.15) is 31.0 Å². The van der Waals surface area contributed by atoms with Gasteiger partial charge in [0.05, 0.1) is 7.11 Å². The van der Waals surface area contributed by atoms with Crippen LogP contribution in [0.25, 0.3) is 0 Å². The fourth-order valence-corrected chi connectivity index (χ4v) is 2.53. The van der Waals surface area contributed by atoms with Crippen molar-refractivity contribution in [3.63, 3.8) is 0 Å². The lowest BCUT2D eigenvalue weighted by Gasteiger charge is -2.21. The number of para-hydroxylation sites is 1. The van der Waals surface area contributed by atoms with Gasteiger partial charge in [0.25, 0.3) is 0 Å². The number of halogens is 1. The Hall–Kier alpha value is -1.87. The van der Waals surface area contributed by atoms with Crippen molar-refractivity contribution in [3.8, 4) is 5.75 Å². The predicted molar refractivity (Wildman–Crippen MR) is 84.1 cm³/mol. The summed E-state index contributed by atoms with van der Waals surface area (Å²) in [6, 6.07) is 15.2. The molecule has 2 aromatic rings. The van der Waals surface area contributed by atoms with E-state index in [4.69, 9.17) is 4.74 Å². The minimum absolute atomic E-state index is 0.176. The van der Waals surface area contributed by atoms with Gasteiger partial charge in [0.2, 0.25) is 0 Å². The van der Waals surface area contributed by atoms with Crippen LogP contribution in [0.5, 0.6) is 5.75 Å². The summed E-state index contributed by atoms with van der Waals surface area (Å²) in [4.78, 5) is 0. The second kappa shape index (κ2) is 7.23. The zero-order valence-electron chi connectivity index (χ0n) is 12.8. The molecule has 0 saturated carbocycles. The number of hydrogen-bond acceptors (Lipinski definition) is 2. The largest absolute Gasteiger partial charge is 0.496 e. The summed E-state index contributed by atoms with van der Waals surface area (Å²) >= 11 is 0. The van der Waals surface area contributed by atoms with E-state index in [-0.39, 0.29) is 11.9 Å². The van der Waals surface area contributed by atoms with Gasteiger partial charge in [-0.1, -0.05) is 30.3 Å². The van der Waals surface area contributed by atoms with E-state index in [1.165, 1.54) is 17.7 Å². The molecule has 112 valence electrons. The quantitative estimate of drug-likeness (QED) is 0.863. The van der Waals surface area contributed by atoms with Crippen molar-refractivity contribution in [3.05, 3.63) is 65.5 Å². The number of benzene rings is 2. The maximum Gasteiger partial charge on any atom is 0.123 e. The highest BCUT2D eigenvalue weighted by atomic mass is 19.1. The number of nitrogens with one attached hydrogen (secondary N) is 1. The maximum absolute atomic E-state index is 12.9. The van der Waals surface area contributed by atoms with E-state index >= 15 is 0 Å². The summed E-state index contributed by atoms with van der Waals surface area (Å²) in [6.07, 6.45) is 0.884. The van der Waals surface area contributed by atoms with Crippen LogP contribution in [0, 0.1) is 5.82 Å². The molecule has 1 unspecified atom stereocenters. The normalized spacial score (nSPS) is 13.7. The Kier molecular flexibility index (Phi) is 5.34. The van der Waals surface area contributed by atoms with Crippen LogP contribution in [0.3, 0.4) is 0 Å². The SMILES string of the molecule is COc1ccccc1CC(C)N[C@@H](C)c1ccc(F)cc1. The van der Waals surface area contributed by atoms with Crippen molar-refractivity contribution >= 4 is 0 Å². The van der Waals surface area contributed by atoms with Gasteiger partial charge in [-0.15, -0.1) is 0 Å². The minimum atomic E-state index is -0.201. The summed E-state index contributed by atoms with van der Waals surface area (Å²) in [5, 5.41) is 3.54. The molecule has 0 aliphatic rings. The van der Waals surface area contributed by atoms with Gasteiger partial charge in [0.15, 0.2) is 0 Å². The zero-order chi connectivity index (χ0) is 15.2. The standard InChI is InChI=1S/C18H22FNO/c1-13(12-16-6-4-5-7-18(16)21-3)20-14(2)15-8-10-17(19)11-9-15/h4-11,13-14,20H,12H2,1-3H3/t13?,14-/m0/s1. The summed E-state index contributed by atoms with van der Waals surface area (Å²) in [7, 11) is 1.69. The highest BCUT2D eigenvalue weighted by molar-refractivity contribution is 5.33. The number of methoxy groups -OCH3 is 1. The number of rotatable bonds is 6. The van der Waals surface area contributed by atoms with E-state index in [0.29, 0.717) is 6.04 Å². The summed E-state index contributed by atoms with van der Waals surface area (Å²) in [5.74, 6) is 0.716. The Morgan fingerprint density at radius 2 is 1.71 bits per heavy atom. The summed E-state index contributed by atoms with van der Waals surface area (Å²) in [6.45, 7) is 4.23. The molecule has 0 bridgehead atoms. The Bertz CT molecular complexity index is 568. The van der Waals surface area contributed by atoms with Crippen LogP contribution in [-0.2, 0) is 6.42 Å². The fraction of sp³-hybridized carbons (Fsp3) is 0.333. The van der Waals surface area contributed by atoms with E-state index < -0.39 is 0 Å². The van der Waals surface area contributed by atoms with Crippen molar-refractivity contribution in [1.82, 2.24) is 5.32 Å². The predicted octanol–water partition coefficient (Wildman–Crippen LogP) is 4.12. The van der Waals surface area contributed by atoms with E-state index in [2.05, 4.69) is 25.2 Å². The maximum atomic E-state index is 12.9. The van der Waals surface area contributed by atoms with Crippen molar-refractivity contribution in [2.45, 2.75) is 32.4 Å². The third kappa shape index (κ3) is 4.30. The van der Waals surface area contributed by atoms with Gasteiger partial charge in [0, 0.05) is 12.1 Å². The molecule has 2 atom stereocenters. The van der Waals surface area contributed by atoms with Gasteiger partial charge in [-0.2, -0.15) is 0 Å². The Morgan fingerprint density at radius 1 is 1.05 bits per heavy atom. The highest BCUT2D eigenvalue weighted by Gasteiger charge is 2.12. The van der Waals surface area contributed by atoms with Crippen LogP contribution in [0.15, 0.2) is 48.5 Å². The van der Waals surface area contributed by atoms with Gasteiger partial charge in [-0.25, -0.2) is 4.39 Å². The molecule has 21 heavy (non-hydrogen) atoms. The molecule has 0 spiro atoms. The highest BCUT2D eigenvalue weighted by Crippen LogP contribution is 2.20. The third-order valence-electron chi connectivity index (χ3n) is 3.62. The second-order valence-electron chi connectivity index (χ2n) is 5.36. The number of ether oxygens (including phenoxy) is 1. The average molecular weight is 287 g/mol. The van der Waals surface area contributed by atoms with Crippen molar-refractivity contribution in [1.29, 1.82) is 0 Å². The van der Waals surface area contributed by atoms with E-state index in [1.54, 1.807) is 7.11 Å². The van der Waals surface area contributed by atoms with Gasteiger partial charge in [-0.05, 0) is 49.6 Å². The first kappa shape index (κ1) is 15.5. The molecular formula is C18H22FNO. The molecule has 0 aliphatic heterocycles. The van der Waals surface area contributed by atoms with Crippen molar-refractivity contribution in [2.75, 3.05) is 7.11 Å². The van der Waals surface area contributed by atoms with Crippen molar-refractivity contribution in [2.24, 2.45) is 0 Å². The van der Waals surface area contributed by atoms with Crippen LogP contribution >= 0.6 is 0 Å². The van der Waals surface area contributed by atoms with Crippen LogP contribution in [0.4, 0.5) is 4.39 Å².